The van der Waals surface area contributed by atoms with Gasteiger partial charge in [0, 0.05) is 6.54 Å². The first-order chi connectivity index (χ1) is 7.68. The van der Waals surface area contributed by atoms with Gasteiger partial charge >= 0.3 is 11.2 Å². The number of amides is 1. The first kappa shape index (κ1) is 11.7. The lowest BCUT2D eigenvalue weighted by Crippen LogP contribution is -2.26. The highest BCUT2D eigenvalue weighted by Crippen LogP contribution is 1.99. The number of benzene rings is 1. The molecule has 0 heterocycles. The summed E-state index contributed by atoms with van der Waals surface area (Å²) in [5.41, 5.74) is 0.979. The third-order valence-electron chi connectivity index (χ3n) is 1.63. The van der Waals surface area contributed by atoms with Gasteiger partial charge in [-0.1, -0.05) is 42.5 Å². The molecule has 6 nitrogen and oxygen atoms in total. The van der Waals surface area contributed by atoms with E-state index >= 15 is 0 Å². The molecular formula is C10H10N2O4. The Morgan fingerprint density at radius 1 is 1.44 bits per heavy atom. The fourth-order valence-electron chi connectivity index (χ4n) is 1.00. The van der Waals surface area contributed by atoms with E-state index in [4.69, 9.17) is 0 Å². The van der Waals surface area contributed by atoms with Crippen LogP contribution >= 0.6 is 0 Å². The molecule has 0 saturated heterocycles. The van der Waals surface area contributed by atoms with Crippen LogP contribution in [0.15, 0.2) is 36.4 Å². The lowest BCUT2D eigenvalue weighted by atomic mass is 10.2. The van der Waals surface area contributed by atoms with E-state index in [1.807, 2.05) is 30.3 Å². The summed E-state index contributed by atoms with van der Waals surface area (Å²) in [7, 11) is 0. The Labute approximate surface area is 91.6 Å². The number of nitrogens with one attached hydrogen (secondary N) is 1. The SMILES string of the molecule is O=C(NCC=Cc1ccccc1)O[N+](=O)[O-]. The van der Waals surface area contributed by atoms with Crippen molar-refractivity contribution in [2.75, 3.05) is 6.54 Å². The lowest BCUT2D eigenvalue weighted by Gasteiger charge is -1.97. The zero-order chi connectivity index (χ0) is 11.8. The summed E-state index contributed by atoms with van der Waals surface area (Å²) in [4.78, 5) is 24.1. The van der Waals surface area contributed by atoms with Crippen molar-refractivity contribution < 1.29 is 14.7 Å². The molecule has 1 aromatic carbocycles. The average Bonchev–Trinajstić information content (AvgIpc) is 2.25. The zero-order valence-corrected chi connectivity index (χ0v) is 8.33. The fourth-order valence-corrected chi connectivity index (χ4v) is 1.00. The van der Waals surface area contributed by atoms with Crippen LogP contribution in [0.3, 0.4) is 0 Å². The van der Waals surface area contributed by atoms with E-state index in [1.165, 1.54) is 0 Å². The van der Waals surface area contributed by atoms with Crippen LogP contribution in [0.4, 0.5) is 4.79 Å². The van der Waals surface area contributed by atoms with Crippen LogP contribution < -0.4 is 5.32 Å². The van der Waals surface area contributed by atoms with Crippen LogP contribution in [-0.2, 0) is 4.84 Å². The number of hydrogen-bond acceptors (Lipinski definition) is 4. The van der Waals surface area contributed by atoms with E-state index in [9.17, 15) is 14.9 Å². The molecule has 0 aliphatic carbocycles. The number of rotatable bonds is 4. The van der Waals surface area contributed by atoms with Crippen LogP contribution in [0.2, 0.25) is 0 Å². The van der Waals surface area contributed by atoms with Gasteiger partial charge in [-0.2, -0.15) is 0 Å². The largest absolute Gasteiger partial charge is 0.396 e. The number of carbonyl (C=O) groups is 1. The van der Waals surface area contributed by atoms with Crippen molar-refractivity contribution in [2.45, 2.75) is 0 Å². The smallest absolute Gasteiger partial charge is 0.330 e. The standard InChI is InChI=1S/C10H10N2O4/c13-10(16-12(14)15)11-8-4-7-9-5-2-1-3-6-9/h1-7H,8H2,(H,11,13). The summed E-state index contributed by atoms with van der Waals surface area (Å²) in [6, 6.07) is 9.45. The Kier molecular flexibility index (Phi) is 4.52. The molecule has 1 aromatic rings. The molecule has 0 atom stereocenters. The topological polar surface area (TPSA) is 81.5 Å². The van der Waals surface area contributed by atoms with Crippen LogP contribution in [0.25, 0.3) is 6.08 Å². The molecule has 0 unspecified atom stereocenters. The summed E-state index contributed by atoms with van der Waals surface area (Å²) in [5, 5.41) is 10.8. The molecule has 0 saturated carbocycles. The van der Waals surface area contributed by atoms with Crippen molar-refractivity contribution in [1.82, 2.24) is 5.32 Å². The van der Waals surface area contributed by atoms with Gasteiger partial charge in [0.05, 0.1) is 0 Å². The van der Waals surface area contributed by atoms with E-state index in [-0.39, 0.29) is 6.54 Å². The van der Waals surface area contributed by atoms with Crippen LogP contribution in [0.1, 0.15) is 5.56 Å². The Morgan fingerprint density at radius 3 is 2.75 bits per heavy atom. The Hall–Kier alpha value is -2.37. The highest BCUT2D eigenvalue weighted by molar-refractivity contribution is 5.66. The summed E-state index contributed by atoms with van der Waals surface area (Å²) < 4.78 is 0. The number of hydrogen-bond donors (Lipinski definition) is 1. The zero-order valence-electron chi connectivity index (χ0n) is 8.33. The van der Waals surface area contributed by atoms with Gasteiger partial charge in [0.25, 0.3) is 0 Å². The second kappa shape index (κ2) is 6.18. The average molecular weight is 222 g/mol. The third-order valence-corrected chi connectivity index (χ3v) is 1.63. The Morgan fingerprint density at radius 2 is 2.12 bits per heavy atom. The monoisotopic (exact) mass is 222 g/mol. The fraction of sp³-hybridized carbons (Fsp3) is 0.100. The molecule has 1 N–H and O–H groups in total. The van der Waals surface area contributed by atoms with Gasteiger partial charge in [-0.15, -0.1) is 10.1 Å². The van der Waals surface area contributed by atoms with Crippen LogP contribution in [0.5, 0.6) is 0 Å². The van der Waals surface area contributed by atoms with Crippen molar-refractivity contribution in [3.8, 4) is 0 Å². The summed E-state index contributed by atoms with van der Waals surface area (Å²) in [6.07, 6.45) is 2.37. The highest BCUT2D eigenvalue weighted by Gasteiger charge is 2.03. The summed E-state index contributed by atoms with van der Waals surface area (Å²) in [5.74, 6) is 0. The minimum atomic E-state index is -1.16. The normalized spacial score (nSPS) is 10.0. The lowest BCUT2D eigenvalue weighted by molar-refractivity contribution is -0.727. The van der Waals surface area contributed by atoms with Crippen LogP contribution in [-0.4, -0.2) is 17.7 Å². The molecule has 0 spiro atoms. The predicted octanol–water partition coefficient (Wildman–Crippen LogP) is 1.62. The maximum Gasteiger partial charge on any atom is 0.396 e. The van der Waals surface area contributed by atoms with Gasteiger partial charge in [0.1, 0.15) is 0 Å². The van der Waals surface area contributed by atoms with Gasteiger partial charge < -0.3 is 5.32 Å². The molecule has 0 fully saturated rings. The van der Waals surface area contributed by atoms with Crippen molar-refractivity contribution in [2.24, 2.45) is 0 Å². The van der Waals surface area contributed by atoms with E-state index < -0.39 is 11.2 Å². The van der Waals surface area contributed by atoms with Gasteiger partial charge in [-0.3, -0.25) is 0 Å². The van der Waals surface area contributed by atoms with E-state index in [0.717, 1.165) is 5.56 Å². The minimum Gasteiger partial charge on any atom is -0.330 e. The highest BCUT2D eigenvalue weighted by atomic mass is 17.0. The molecule has 0 aliphatic rings. The molecule has 0 bridgehead atoms. The number of nitrogens with zero attached hydrogens (tertiary/aromatic N) is 1. The van der Waals surface area contributed by atoms with Gasteiger partial charge in [0.15, 0.2) is 0 Å². The van der Waals surface area contributed by atoms with Crippen molar-refractivity contribution in [1.29, 1.82) is 0 Å². The molecule has 0 aliphatic heterocycles. The molecule has 1 amide bonds. The van der Waals surface area contributed by atoms with Crippen LogP contribution in [0, 0.1) is 10.1 Å². The first-order valence-electron chi connectivity index (χ1n) is 4.50. The minimum absolute atomic E-state index is 0.168. The molecule has 84 valence electrons. The predicted molar refractivity (Wildman–Crippen MR) is 57.0 cm³/mol. The molecule has 0 aromatic heterocycles. The quantitative estimate of drug-likeness (QED) is 0.619. The molecule has 1 rings (SSSR count). The van der Waals surface area contributed by atoms with Crippen molar-refractivity contribution >= 4 is 12.2 Å². The maximum atomic E-state index is 10.7. The molecule has 16 heavy (non-hydrogen) atoms. The van der Waals surface area contributed by atoms with Crippen molar-refractivity contribution in [3.63, 3.8) is 0 Å². The second-order valence-electron chi connectivity index (χ2n) is 2.80. The second-order valence-corrected chi connectivity index (χ2v) is 2.80. The third kappa shape index (κ3) is 4.75. The van der Waals surface area contributed by atoms with Gasteiger partial charge in [-0.05, 0) is 5.56 Å². The Balaban J connectivity index is 2.28. The molecule has 6 heteroatoms. The van der Waals surface area contributed by atoms with Gasteiger partial charge in [-0.25, -0.2) is 9.63 Å². The molecular weight excluding hydrogens is 212 g/mol. The first-order valence-corrected chi connectivity index (χ1v) is 4.50. The van der Waals surface area contributed by atoms with E-state index in [0.29, 0.717) is 0 Å². The van der Waals surface area contributed by atoms with Crippen molar-refractivity contribution in [3.05, 3.63) is 52.1 Å². The van der Waals surface area contributed by atoms with E-state index in [1.54, 1.807) is 12.2 Å². The Bertz CT molecular complexity index is 389. The maximum absolute atomic E-state index is 10.7. The van der Waals surface area contributed by atoms with E-state index in [2.05, 4.69) is 10.2 Å². The number of carbonyl (C=O) groups excluding carboxylic acids is 1. The molecule has 0 radical (unpaired) electrons. The van der Waals surface area contributed by atoms with Gasteiger partial charge in [0.2, 0.25) is 0 Å². The summed E-state index contributed by atoms with van der Waals surface area (Å²) in [6.45, 7) is 0.168. The summed E-state index contributed by atoms with van der Waals surface area (Å²) >= 11 is 0.